The van der Waals surface area contributed by atoms with Crippen LogP contribution in [0.15, 0.2) is 6.20 Å². The van der Waals surface area contributed by atoms with E-state index >= 15 is 0 Å². The summed E-state index contributed by atoms with van der Waals surface area (Å²) >= 11 is 8.91. The van der Waals surface area contributed by atoms with Crippen LogP contribution in [0.3, 0.4) is 0 Å². The van der Waals surface area contributed by atoms with E-state index in [0.717, 1.165) is 24.4 Å². The zero-order valence-electron chi connectivity index (χ0n) is 7.00. The second-order valence-corrected chi connectivity index (χ2v) is 3.80. The third-order valence-corrected chi connectivity index (χ3v) is 2.06. The molecule has 66 valence electrons. The molecule has 0 saturated carbocycles. The van der Waals surface area contributed by atoms with Gasteiger partial charge in [0.15, 0.2) is 0 Å². The van der Waals surface area contributed by atoms with Gasteiger partial charge in [0.2, 0.25) is 0 Å². The molecule has 1 aromatic rings. The van der Waals surface area contributed by atoms with Gasteiger partial charge in [0.25, 0.3) is 0 Å². The molecule has 0 fully saturated rings. The second kappa shape index (κ2) is 4.62. The van der Waals surface area contributed by atoms with Crippen molar-refractivity contribution in [3.63, 3.8) is 0 Å². The van der Waals surface area contributed by atoms with Crippen LogP contribution in [0.5, 0.6) is 0 Å². The van der Waals surface area contributed by atoms with Gasteiger partial charge in [0, 0.05) is 12.6 Å². The van der Waals surface area contributed by atoms with E-state index in [9.17, 15) is 0 Å². The fourth-order valence-electron chi connectivity index (χ4n) is 0.943. The van der Waals surface area contributed by atoms with Crippen molar-refractivity contribution in [3.05, 3.63) is 17.7 Å². The summed E-state index contributed by atoms with van der Waals surface area (Å²) in [5, 5.41) is 0. The molecular weight excluding hydrogens is 188 g/mol. The average molecular weight is 200 g/mol. The molecule has 0 radical (unpaired) electrons. The smallest absolute Gasteiger partial charge is 0.106 e. The average Bonchev–Trinajstić information content (AvgIpc) is 2.48. The third-order valence-electron chi connectivity index (χ3n) is 1.62. The highest BCUT2D eigenvalue weighted by molar-refractivity contribution is 8.11. The Morgan fingerprint density at radius 1 is 1.75 bits per heavy atom. The normalized spacial score (nSPS) is 10.2. The van der Waals surface area contributed by atoms with Crippen LogP contribution in [-0.4, -0.2) is 14.2 Å². The van der Waals surface area contributed by atoms with Gasteiger partial charge in [0.1, 0.15) is 11.5 Å². The standard InChI is InChI=1S/C8H12N2S2/c1-2-3-4-7-9-5-6(10-7)8(11)12/h5H,2-4H2,1H3,(H,9,10)(H,11,12). The first-order valence-corrected chi connectivity index (χ1v) is 4.87. The third kappa shape index (κ3) is 2.60. The number of hydrogen-bond acceptors (Lipinski definition) is 2. The lowest BCUT2D eigenvalue weighted by Gasteiger charge is -1.91. The zero-order chi connectivity index (χ0) is 8.97. The number of aromatic amines is 1. The summed E-state index contributed by atoms with van der Waals surface area (Å²) in [6, 6.07) is 0. The van der Waals surface area contributed by atoms with Crippen molar-refractivity contribution in [1.82, 2.24) is 9.97 Å². The van der Waals surface area contributed by atoms with Crippen LogP contribution in [0.1, 0.15) is 31.3 Å². The fourth-order valence-corrected chi connectivity index (χ4v) is 1.16. The lowest BCUT2D eigenvalue weighted by molar-refractivity contribution is 0.762. The summed E-state index contributed by atoms with van der Waals surface area (Å²) in [5.74, 6) is 1.00. The summed E-state index contributed by atoms with van der Waals surface area (Å²) < 4.78 is 0.550. The maximum absolute atomic E-state index is 4.87. The first kappa shape index (κ1) is 9.74. The number of H-pyrrole nitrogens is 1. The monoisotopic (exact) mass is 200 g/mol. The molecular formula is C8H12N2S2. The lowest BCUT2D eigenvalue weighted by Crippen LogP contribution is -1.90. The van der Waals surface area contributed by atoms with Crippen LogP contribution in [-0.2, 0) is 6.42 Å². The molecule has 12 heavy (non-hydrogen) atoms. The highest BCUT2D eigenvalue weighted by Gasteiger charge is 2.01. The highest BCUT2D eigenvalue weighted by Crippen LogP contribution is 2.04. The van der Waals surface area contributed by atoms with Crippen LogP contribution >= 0.6 is 24.8 Å². The quantitative estimate of drug-likeness (QED) is 0.577. The zero-order valence-corrected chi connectivity index (χ0v) is 8.71. The molecule has 0 aromatic carbocycles. The SMILES string of the molecule is CCCCc1nc(C(=S)S)c[nH]1. The number of unbranched alkanes of at least 4 members (excludes halogenated alkanes) is 1. The van der Waals surface area contributed by atoms with Crippen molar-refractivity contribution < 1.29 is 0 Å². The van der Waals surface area contributed by atoms with E-state index in [-0.39, 0.29) is 0 Å². The number of aromatic nitrogens is 2. The molecule has 0 aliphatic heterocycles. The van der Waals surface area contributed by atoms with Crippen molar-refractivity contribution in [2.24, 2.45) is 0 Å². The number of nitrogens with zero attached hydrogens (tertiary/aromatic N) is 1. The minimum Gasteiger partial charge on any atom is -0.348 e. The predicted octanol–water partition coefficient (Wildman–Crippen LogP) is 2.36. The number of rotatable bonds is 4. The van der Waals surface area contributed by atoms with Gasteiger partial charge in [0.05, 0.1) is 4.20 Å². The highest BCUT2D eigenvalue weighted by atomic mass is 32.1. The first-order valence-electron chi connectivity index (χ1n) is 4.01. The van der Waals surface area contributed by atoms with Crippen LogP contribution in [0.2, 0.25) is 0 Å². The van der Waals surface area contributed by atoms with Gasteiger partial charge >= 0.3 is 0 Å². The van der Waals surface area contributed by atoms with Crippen LogP contribution in [0.4, 0.5) is 0 Å². The van der Waals surface area contributed by atoms with Crippen molar-refractivity contribution in [2.45, 2.75) is 26.2 Å². The molecule has 0 aliphatic rings. The van der Waals surface area contributed by atoms with E-state index in [1.54, 1.807) is 6.20 Å². The van der Waals surface area contributed by atoms with E-state index in [2.05, 4.69) is 29.5 Å². The van der Waals surface area contributed by atoms with Crippen LogP contribution in [0.25, 0.3) is 0 Å². The minimum absolute atomic E-state index is 0.550. The fraction of sp³-hybridized carbons (Fsp3) is 0.500. The molecule has 2 nitrogen and oxygen atoms in total. The Morgan fingerprint density at radius 2 is 2.50 bits per heavy atom. The molecule has 0 aliphatic carbocycles. The Kier molecular flexibility index (Phi) is 3.75. The van der Waals surface area contributed by atoms with Gasteiger partial charge in [-0.05, 0) is 6.42 Å². The molecule has 4 heteroatoms. The maximum Gasteiger partial charge on any atom is 0.106 e. The summed E-state index contributed by atoms with van der Waals surface area (Å²) in [7, 11) is 0. The molecule has 1 rings (SSSR count). The topological polar surface area (TPSA) is 28.7 Å². The summed E-state index contributed by atoms with van der Waals surface area (Å²) in [5.41, 5.74) is 0.777. The molecule has 0 atom stereocenters. The molecule has 0 amide bonds. The van der Waals surface area contributed by atoms with Gasteiger partial charge in [-0.2, -0.15) is 0 Å². The second-order valence-electron chi connectivity index (χ2n) is 2.64. The number of imidazole rings is 1. The van der Waals surface area contributed by atoms with Crippen LogP contribution in [0, 0.1) is 0 Å². The van der Waals surface area contributed by atoms with Gasteiger partial charge in [-0.15, -0.1) is 12.6 Å². The van der Waals surface area contributed by atoms with E-state index in [1.807, 2.05) is 0 Å². The van der Waals surface area contributed by atoms with E-state index in [1.165, 1.54) is 6.42 Å². The molecule has 0 bridgehead atoms. The van der Waals surface area contributed by atoms with Gasteiger partial charge in [-0.1, -0.05) is 25.6 Å². The number of aryl methyl sites for hydroxylation is 1. The molecule has 1 aromatic heterocycles. The Balaban J connectivity index is 2.58. The maximum atomic E-state index is 4.87. The summed E-state index contributed by atoms with van der Waals surface area (Å²) in [4.78, 5) is 7.35. The Bertz CT molecular complexity index is 268. The molecule has 1 heterocycles. The van der Waals surface area contributed by atoms with Crippen LogP contribution < -0.4 is 0 Å². The number of hydrogen-bond donors (Lipinski definition) is 2. The lowest BCUT2D eigenvalue weighted by atomic mass is 10.2. The van der Waals surface area contributed by atoms with Gasteiger partial charge in [-0.25, -0.2) is 4.98 Å². The molecule has 0 unspecified atom stereocenters. The Hall–Kier alpha value is -0.350. The summed E-state index contributed by atoms with van der Waals surface area (Å²) in [6.07, 6.45) is 5.14. The number of nitrogens with one attached hydrogen (secondary N) is 1. The Labute approximate surface area is 83.2 Å². The van der Waals surface area contributed by atoms with E-state index in [4.69, 9.17) is 12.2 Å². The first-order chi connectivity index (χ1) is 5.74. The van der Waals surface area contributed by atoms with Crippen molar-refractivity contribution in [2.75, 3.05) is 0 Å². The molecule has 0 spiro atoms. The Morgan fingerprint density at radius 3 is 3.00 bits per heavy atom. The van der Waals surface area contributed by atoms with Crippen molar-refractivity contribution in [3.8, 4) is 0 Å². The van der Waals surface area contributed by atoms with Crippen molar-refractivity contribution in [1.29, 1.82) is 0 Å². The summed E-state index contributed by atoms with van der Waals surface area (Å²) in [6.45, 7) is 2.16. The van der Waals surface area contributed by atoms with E-state index < -0.39 is 0 Å². The van der Waals surface area contributed by atoms with Gasteiger partial charge in [-0.3, -0.25) is 0 Å². The molecule has 0 saturated heterocycles. The van der Waals surface area contributed by atoms with Gasteiger partial charge < -0.3 is 4.98 Å². The predicted molar refractivity (Wildman–Crippen MR) is 57.9 cm³/mol. The molecule has 1 N–H and O–H groups in total. The van der Waals surface area contributed by atoms with Crippen molar-refractivity contribution >= 4 is 29.0 Å². The number of thiocarbonyl (C=S) groups is 1. The minimum atomic E-state index is 0.550. The van der Waals surface area contributed by atoms with E-state index in [0.29, 0.717) is 4.20 Å². The largest absolute Gasteiger partial charge is 0.348 e. The number of thiol groups is 1.